The van der Waals surface area contributed by atoms with Crippen molar-refractivity contribution in [3.8, 4) is 5.75 Å². The van der Waals surface area contributed by atoms with Crippen LogP contribution in [0.3, 0.4) is 0 Å². The number of hydrogen-bond donors (Lipinski definition) is 1. The molecule has 0 aliphatic rings. The third-order valence-corrected chi connectivity index (χ3v) is 3.62. The molecule has 0 amide bonds. The van der Waals surface area contributed by atoms with E-state index in [1.165, 1.54) is 7.11 Å². The maximum Gasteiger partial charge on any atom is 0.137 e. The van der Waals surface area contributed by atoms with Crippen molar-refractivity contribution < 1.29 is 9.84 Å². The molecule has 1 atom stereocenters. The fourth-order valence-electron chi connectivity index (χ4n) is 1.76. The lowest BCUT2D eigenvalue weighted by Crippen LogP contribution is -2.01. The SMILES string of the molecule is COc1ccc(C(O)c2cc(Cl)ccc2Cl)cc1Cl. The third-order valence-electron chi connectivity index (χ3n) is 2.74. The Hall–Kier alpha value is -0.930. The predicted molar refractivity (Wildman–Crippen MR) is 78.5 cm³/mol. The summed E-state index contributed by atoms with van der Waals surface area (Å²) in [4.78, 5) is 0. The Morgan fingerprint density at radius 1 is 1.00 bits per heavy atom. The molecule has 0 aliphatic heterocycles. The Kier molecular flexibility index (Phi) is 4.58. The van der Waals surface area contributed by atoms with Crippen LogP contribution >= 0.6 is 34.8 Å². The smallest absolute Gasteiger partial charge is 0.137 e. The molecule has 1 unspecified atom stereocenters. The monoisotopic (exact) mass is 316 g/mol. The van der Waals surface area contributed by atoms with Gasteiger partial charge in [0.1, 0.15) is 11.9 Å². The van der Waals surface area contributed by atoms with Crippen molar-refractivity contribution in [1.29, 1.82) is 0 Å². The number of rotatable bonds is 3. The summed E-state index contributed by atoms with van der Waals surface area (Å²) >= 11 is 18.0. The highest BCUT2D eigenvalue weighted by atomic mass is 35.5. The second kappa shape index (κ2) is 6.02. The summed E-state index contributed by atoms with van der Waals surface area (Å²) in [6.07, 6.45) is -0.894. The van der Waals surface area contributed by atoms with E-state index in [-0.39, 0.29) is 0 Å². The van der Waals surface area contributed by atoms with Gasteiger partial charge in [0.2, 0.25) is 0 Å². The number of ether oxygens (including phenoxy) is 1. The average Bonchev–Trinajstić information content (AvgIpc) is 2.40. The molecule has 2 aromatic carbocycles. The largest absolute Gasteiger partial charge is 0.495 e. The van der Waals surface area contributed by atoms with Gasteiger partial charge in [0, 0.05) is 15.6 Å². The van der Waals surface area contributed by atoms with E-state index < -0.39 is 6.10 Å². The summed E-state index contributed by atoms with van der Waals surface area (Å²) < 4.78 is 5.07. The molecule has 0 saturated carbocycles. The van der Waals surface area contributed by atoms with E-state index in [1.807, 2.05) is 0 Å². The lowest BCUT2D eigenvalue weighted by atomic mass is 10.0. The topological polar surface area (TPSA) is 29.5 Å². The molecular weight excluding hydrogens is 307 g/mol. The fourth-order valence-corrected chi connectivity index (χ4v) is 2.42. The Morgan fingerprint density at radius 3 is 2.37 bits per heavy atom. The first-order valence-electron chi connectivity index (χ1n) is 5.49. The van der Waals surface area contributed by atoms with Crippen molar-refractivity contribution >= 4 is 34.8 Å². The molecule has 2 rings (SSSR count). The highest BCUT2D eigenvalue weighted by Gasteiger charge is 2.16. The normalized spacial score (nSPS) is 12.3. The van der Waals surface area contributed by atoms with E-state index in [2.05, 4.69) is 0 Å². The summed E-state index contributed by atoms with van der Waals surface area (Å²) in [6, 6.07) is 10.0. The van der Waals surface area contributed by atoms with Gasteiger partial charge in [-0.2, -0.15) is 0 Å². The van der Waals surface area contributed by atoms with Crippen LogP contribution in [0.25, 0.3) is 0 Å². The molecule has 0 heterocycles. The van der Waals surface area contributed by atoms with Gasteiger partial charge in [-0.3, -0.25) is 0 Å². The van der Waals surface area contributed by atoms with Gasteiger partial charge in [-0.1, -0.05) is 40.9 Å². The van der Waals surface area contributed by atoms with Crippen molar-refractivity contribution in [2.24, 2.45) is 0 Å². The van der Waals surface area contributed by atoms with E-state index in [1.54, 1.807) is 36.4 Å². The fraction of sp³-hybridized carbons (Fsp3) is 0.143. The average molecular weight is 318 g/mol. The van der Waals surface area contributed by atoms with Gasteiger partial charge in [0.05, 0.1) is 12.1 Å². The first kappa shape index (κ1) is 14.5. The van der Waals surface area contributed by atoms with E-state index >= 15 is 0 Å². The third kappa shape index (κ3) is 3.15. The number of benzene rings is 2. The quantitative estimate of drug-likeness (QED) is 0.886. The van der Waals surface area contributed by atoms with Gasteiger partial charge in [-0.15, -0.1) is 0 Å². The van der Waals surface area contributed by atoms with Crippen molar-refractivity contribution in [2.75, 3.05) is 7.11 Å². The lowest BCUT2D eigenvalue weighted by Gasteiger charge is -2.14. The molecular formula is C14H11Cl3O2. The molecule has 0 radical (unpaired) electrons. The molecule has 2 nitrogen and oxygen atoms in total. The van der Waals surface area contributed by atoms with E-state index in [9.17, 15) is 5.11 Å². The first-order valence-corrected chi connectivity index (χ1v) is 6.62. The van der Waals surface area contributed by atoms with Crippen molar-refractivity contribution in [3.63, 3.8) is 0 Å². The van der Waals surface area contributed by atoms with Crippen LogP contribution in [0.2, 0.25) is 15.1 Å². The van der Waals surface area contributed by atoms with Gasteiger partial charge in [0.15, 0.2) is 0 Å². The molecule has 0 aliphatic carbocycles. The molecule has 100 valence electrons. The Balaban J connectivity index is 2.41. The van der Waals surface area contributed by atoms with Crippen molar-refractivity contribution in [3.05, 3.63) is 62.6 Å². The van der Waals surface area contributed by atoms with E-state index in [0.717, 1.165) is 0 Å². The molecule has 0 saturated heterocycles. The van der Waals surface area contributed by atoms with Gasteiger partial charge < -0.3 is 9.84 Å². The second-order valence-corrected chi connectivity index (χ2v) is 5.21. The summed E-state index contributed by atoms with van der Waals surface area (Å²) in [5, 5.41) is 11.7. The van der Waals surface area contributed by atoms with E-state index in [0.29, 0.717) is 31.9 Å². The standard InChI is InChI=1S/C14H11Cl3O2/c1-19-13-5-2-8(6-12(13)17)14(18)10-7-9(15)3-4-11(10)16/h2-7,14,18H,1H3. The van der Waals surface area contributed by atoms with Crippen LogP contribution in [-0.4, -0.2) is 12.2 Å². The molecule has 0 bridgehead atoms. The number of halogens is 3. The van der Waals surface area contributed by atoms with Gasteiger partial charge in [-0.05, 0) is 35.9 Å². The van der Waals surface area contributed by atoms with Crippen LogP contribution in [-0.2, 0) is 0 Å². The lowest BCUT2D eigenvalue weighted by molar-refractivity contribution is 0.220. The van der Waals surface area contributed by atoms with Crippen LogP contribution in [0.1, 0.15) is 17.2 Å². The minimum absolute atomic E-state index is 0.428. The highest BCUT2D eigenvalue weighted by molar-refractivity contribution is 6.33. The van der Waals surface area contributed by atoms with Gasteiger partial charge in [-0.25, -0.2) is 0 Å². The molecule has 0 spiro atoms. The minimum Gasteiger partial charge on any atom is -0.495 e. The molecule has 1 N–H and O–H groups in total. The Labute approximate surface area is 126 Å². The first-order chi connectivity index (χ1) is 9.02. The number of aliphatic hydroxyl groups is 1. The van der Waals surface area contributed by atoms with Crippen molar-refractivity contribution in [2.45, 2.75) is 6.10 Å². The molecule has 0 aromatic heterocycles. The Bertz CT molecular complexity index is 599. The second-order valence-electron chi connectivity index (χ2n) is 3.96. The van der Waals surface area contributed by atoms with Gasteiger partial charge >= 0.3 is 0 Å². The van der Waals surface area contributed by atoms with Gasteiger partial charge in [0.25, 0.3) is 0 Å². The van der Waals surface area contributed by atoms with Crippen LogP contribution < -0.4 is 4.74 Å². The molecule has 5 heteroatoms. The summed E-state index contributed by atoms with van der Waals surface area (Å²) in [5.74, 6) is 0.551. The van der Waals surface area contributed by atoms with Crippen LogP contribution in [0, 0.1) is 0 Å². The van der Waals surface area contributed by atoms with Crippen LogP contribution in [0.5, 0.6) is 5.75 Å². The van der Waals surface area contributed by atoms with Crippen LogP contribution in [0.15, 0.2) is 36.4 Å². The summed E-state index contributed by atoms with van der Waals surface area (Å²) in [5.41, 5.74) is 1.16. The van der Waals surface area contributed by atoms with Crippen molar-refractivity contribution in [1.82, 2.24) is 0 Å². The number of aliphatic hydroxyl groups excluding tert-OH is 1. The zero-order chi connectivity index (χ0) is 14.0. The maximum absolute atomic E-state index is 10.3. The maximum atomic E-state index is 10.3. The summed E-state index contributed by atoms with van der Waals surface area (Å²) in [6.45, 7) is 0. The minimum atomic E-state index is -0.894. The molecule has 19 heavy (non-hydrogen) atoms. The molecule has 0 fully saturated rings. The number of methoxy groups -OCH3 is 1. The zero-order valence-corrected chi connectivity index (χ0v) is 12.3. The van der Waals surface area contributed by atoms with Crippen LogP contribution in [0.4, 0.5) is 0 Å². The summed E-state index contributed by atoms with van der Waals surface area (Å²) in [7, 11) is 1.53. The zero-order valence-electron chi connectivity index (χ0n) is 10.0. The highest BCUT2D eigenvalue weighted by Crippen LogP contribution is 2.34. The molecule has 2 aromatic rings. The number of hydrogen-bond acceptors (Lipinski definition) is 2. The van der Waals surface area contributed by atoms with E-state index in [4.69, 9.17) is 39.5 Å². The predicted octanol–water partition coefficient (Wildman–Crippen LogP) is 4.74. The Morgan fingerprint density at radius 2 is 1.74 bits per heavy atom.